The average molecular weight is 315 g/mol. The Kier molecular flexibility index (Phi) is 5.03. The molecule has 18 heavy (non-hydrogen) atoms. The van der Waals surface area contributed by atoms with Crippen LogP contribution in [-0.2, 0) is 6.54 Å². The van der Waals surface area contributed by atoms with Crippen LogP contribution in [0.1, 0.15) is 24.8 Å². The lowest BCUT2D eigenvalue weighted by molar-refractivity contribution is -0.944. The van der Waals surface area contributed by atoms with E-state index in [1.54, 1.807) is 7.11 Å². The van der Waals surface area contributed by atoms with Gasteiger partial charge in [0.1, 0.15) is 18.3 Å². The molecule has 0 aromatic heterocycles. The molecule has 0 radical (unpaired) electrons. The molecule has 1 aromatic rings. The summed E-state index contributed by atoms with van der Waals surface area (Å²) in [5.74, 6) is 0.867. The van der Waals surface area contributed by atoms with Crippen molar-refractivity contribution in [2.75, 3.05) is 20.3 Å². The number of quaternary nitrogens is 1. The minimum atomic E-state index is 0.298. The summed E-state index contributed by atoms with van der Waals surface area (Å²) in [6.07, 6.45) is 3.66. The van der Waals surface area contributed by atoms with E-state index < -0.39 is 0 Å². The SMILES string of the molecule is COc1ccc(C[NH+]2CCCC[C@@H]2CO)cc1Br. The second kappa shape index (κ2) is 6.55. The first-order chi connectivity index (χ1) is 8.74. The van der Waals surface area contributed by atoms with Crippen LogP contribution < -0.4 is 9.64 Å². The molecule has 0 amide bonds. The maximum absolute atomic E-state index is 9.43. The maximum atomic E-state index is 9.43. The third-order valence-corrected chi connectivity index (χ3v) is 4.37. The topological polar surface area (TPSA) is 33.9 Å². The second-order valence-corrected chi connectivity index (χ2v) is 5.78. The number of piperidine rings is 1. The Morgan fingerprint density at radius 3 is 2.94 bits per heavy atom. The number of hydrogen-bond acceptors (Lipinski definition) is 2. The van der Waals surface area contributed by atoms with Crippen LogP contribution in [0.3, 0.4) is 0 Å². The minimum Gasteiger partial charge on any atom is -0.496 e. The van der Waals surface area contributed by atoms with Crippen molar-refractivity contribution in [1.82, 2.24) is 0 Å². The van der Waals surface area contributed by atoms with Crippen molar-refractivity contribution in [2.24, 2.45) is 0 Å². The van der Waals surface area contributed by atoms with Gasteiger partial charge >= 0.3 is 0 Å². The first-order valence-corrected chi connectivity index (χ1v) is 7.31. The first kappa shape index (κ1) is 13.8. The van der Waals surface area contributed by atoms with Gasteiger partial charge < -0.3 is 14.7 Å². The number of aliphatic hydroxyl groups excluding tert-OH is 1. The molecule has 0 saturated carbocycles. The average Bonchev–Trinajstić information content (AvgIpc) is 2.39. The molecule has 100 valence electrons. The van der Waals surface area contributed by atoms with Crippen LogP contribution in [-0.4, -0.2) is 31.4 Å². The minimum absolute atomic E-state index is 0.298. The molecular formula is C14H21BrNO2+. The van der Waals surface area contributed by atoms with Crippen LogP contribution in [0.2, 0.25) is 0 Å². The van der Waals surface area contributed by atoms with Crippen LogP contribution in [0.4, 0.5) is 0 Å². The van der Waals surface area contributed by atoms with Gasteiger partial charge in [-0.05, 0) is 47.0 Å². The molecule has 4 heteroatoms. The van der Waals surface area contributed by atoms with E-state index in [1.165, 1.54) is 23.3 Å². The van der Waals surface area contributed by atoms with Gasteiger partial charge in [-0.15, -0.1) is 0 Å². The molecule has 0 bridgehead atoms. The number of rotatable bonds is 4. The number of aliphatic hydroxyl groups is 1. The highest BCUT2D eigenvalue weighted by molar-refractivity contribution is 9.10. The Balaban J connectivity index is 2.05. The number of likely N-dealkylation sites (tertiary alicyclic amines) is 1. The molecule has 1 saturated heterocycles. The number of nitrogens with one attached hydrogen (secondary N) is 1. The molecule has 1 aromatic carbocycles. The van der Waals surface area contributed by atoms with Gasteiger partial charge in [0.25, 0.3) is 0 Å². The summed E-state index contributed by atoms with van der Waals surface area (Å²) < 4.78 is 6.24. The number of ether oxygens (including phenoxy) is 1. The fourth-order valence-electron chi connectivity index (χ4n) is 2.69. The zero-order valence-electron chi connectivity index (χ0n) is 10.8. The van der Waals surface area contributed by atoms with Gasteiger partial charge in [0.15, 0.2) is 0 Å². The molecule has 1 heterocycles. The highest BCUT2D eigenvalue weighted by atomic mass is 79.9. The molecule has 0 aliphatic carbocycles. The fraction of sp³-hybridized carbons (Fsp3) is 0.571. The van der Waals surface area contributed by atoms with Crippen LogP contribution in [0.25, 0.3) is 0 Å². The molecule has 1 unspecified atom stereocenters. The molecule has 3 nitrogen and oxygen atoms in total. The van der Waals surface area contributed by atoms with E-state index in [1.807, 2.05) is 6.07 Å². The van der Waals surface area contributed by atoms with Crippen molar-refractivity contribution in [3.05, 3.63) is 28.2 Å². The standard InChI is InChI=1S/C14H20BrNO2/c1-18-14-6-5-11(8-13(14)15)9-16-7-3-2-4-12(16)10-17/h5-6,8,12,17H,2-4,7,9-10H2,1H3/p+1/t12-/m1/s1. The molecule has 0 spiro atoms. The number of halogens is 1. The molecule has 2 atom stereocenters. The van der Waals surface area contributed by atoms with Gasteiger partial charge in [0.2, 0.25) is 0 Å². The van der Waals surface area contributed by atoms with E-state index in [9.17, 15) is 5.11 Å². The highest BCUT2D eigenvalue weighted by Crippen LogP contribution is 2.25. The van der Waals surface area contributed by atoms with Crippen molar-refractivity contribution < 1.29 is 14.7 Å². The number of methoxy groups -OCH3 is 1. The van der Waals surface area contributed by atoms with E-state index in [2.05, 4.69) is 28.1 Å². The second-order valence-electron chi connectivity index (χ2n) is 4.93. The summed E-state index contributed by atoms with van der Waals surface area (Å²) in [4.78, 5) is 1.50. The normalized spacial score (nSPS) is 23.9. The van der Waals surface area contributed by atoms with Gasteiger partial charge in [0, 0.05) is 12.0 Å². The zero-order valence-corrected chi connectivity index (χ0v) is 12.4. The van der Waals surface area contributed by atoms with Crippen molar-refractivity contribution in [3.63, 3.8) is 0 Å². The largest absolute Gasteiger partial charge is 0.496 e. The lowest BCUT2D eigenvalue weighted by Gasteiger charge is -2.31. The number of benzene rings is 1. The van der Waals surface area contributed by atoms with E-state index in [0.29, 0.717) is 12.6 Å². The fourth-order valence-corrected chi connectivity index (χ4v) is 3.27. The monoisotopic (exact) mass is 314 g/mol. The summed E-state index contributed by atoms with van der Waals surface area (Å²) in [7, 11) is 1.68. The molecule has 1 fully saturated rings. The van der Waals surface area contributed by atoms with Crippen LogP contribution >= 0.6 is 15.9 Å². The van der Waals surface area contributed by atoms with Gasteiger partial charge in [0.05, 0.1) is 24.7 Å². The first-order valence-electron chi connectivity index (χ1n) is 6.52. The summed E-state index contributed by atoms with van der Waals surface area (Å²) in [5, 5.41) is 9.43. The third kappa shape index (κ3) is 3.25. The molecule has 1 aliphatic rings. The van der Waals surface area contributed by atoms with Crippen molar-refractivity contribution >= 4 is 15.9 Å². The van der Waals surface area contributed by atoms with E-state index in [0.717, 1.165) is 29.7 Å². The van der Waals surface area contributed by atoms with Crippen LogP contribution in [0.5, 0.6) is 5.75 Å². The number of hydrogen-bond donors (Lipinski definition) is 2. The predicted octanol–water partition coefficient (Wildman–Crippen LogP) is 1.39. The smallest absolute Gasteiger partial charge is 0.133 e. The Morgan fingerprint density at radius 1 is 1.44 bits per heavy atom. The summed E-state index contributed by atoms with van der Waals surface area (Å²) in [6.45, 7) is 2.44. The third-order valence-electron chi connectivity index (χ3n) is 3.75. The van der Waals surface area contributed by atoms with E-state index in [4.69, 9.17) is 4.74 Å². The molecule has 2 N–H and O–H groups in total. The van der Waals surface area contributed by atoms with Gasteiger partial charge in [-0.25, -0.2) is 0 Å². The van der Waals surface area contributed by atoms with E-state index >= 15 is 0 Å². The molecular weight excluding hydrogens is 294 g/mol. The summed E-state index contributed by atoms with van der Waals surface area (Å²) >= 11 is 3.52. The highest BCUT2D eigenvalue weighted by Gasteiger charge is 2.25. The Hall–Kier alpha value is -0.580. The van der Waals surface area contributed by atoms with Crippen molar-refractivity contribution in [3.8, 4) is 5.75 Å². The molecule has 1 aliphatic heterocycles. The Labute approximate surface area is 117 Å². The van der Waals surface area contributed by atoms with Crippen LogP contribution in [0.15, 0.2) is 22.7 Å². The summed E-state index contributed by atoms with van der Waals surface area (Å²) in [5.41, 5.74) is 1.29. The maximum Gasteiger partial charge on any atom is 0.133 e. The lowest BCUT2D eigenvalue weighted by atomic mass is 10.0. The molecule has 2 rings (SSSR count). The van der Waals surface area contributed by atoms with Gasteiger partial charge in [-0.2, -0.15) is 0 Å². The summed E-state index contributed by atoms with van der Waals surface area (Å²) in [6, 6.07) is 6.63. The Morgan fingerprint density at radius 2 is 2.28 bits per heavy atom. The van der Waals surface area contributed by atoms with Crippen LogP contribution in [0, 0.1) is 0 Å². The van der Waals surface area contributed by atoms with Crippen molar-refractivity contribution in [1.29, 1.82) is 0 Å². The van der Waals surface area contributed by atoms with Gasteiger partial charge in [-0.1, -0.05) is 0 Å². The lowest BCUT2D eigenvalue weighted by Crippen LogP contribution is -3.15. The predicted molar refractivity (Wildman–Crippen MR) is 75.0 cm³/mol. The van der Waals surface area contributed by atoms with Crippen molar-refractivity contribution in [2.45, 2.75) is 31.8 Å². The Bertz CT molecular complexity index is 397. The van der Waals surface area contributed by atoms with Gasteiger partial charge in [-0.3, -0.25) is 0 Å². The van der Waals surface area contributed by atoms with E-state index in [-0.39, 0.29) is 0 Å². The zero-order chi connectivity index (χ0) is 13.0. The quantitative estimate of drug-likeness (QED) is 0.880.